The van der Waals surface area contributed by atoms with Gasteiger partial charge in [0.1, 0.15) is 11.6 Å². The normalized spacial score (nSPS) is 10.2. The minimum atomic E-state index is -0.327. The second-order valence-corrected chi connectivity index (χ2v) is 4.46. The molecule has 0 radical (unpaired) electrons. The zero-order valence-corrected chi connectivity index (χ0v) is 11.6. The summed E-state index contributed by atoms with van der Waals surface area (Å²) in [5.74, 6) is 0. The Hall–Kier alpha value is -2.19. The molecule has 1 aromatic heterocycles. The number of hydrogen-bond donors (Lipinski definition) is 0. The molecule has 0 unspecified atom stereocenters. The van der Waals surface area contributed by atoms with Gasteiger partial charge >= 0.3 is 0 Å². The summed E-state index contributed by atoms with van der Waals surface area (Å²) in [5, 5.41) is 9.29. The first-order valence-electron chi connectivity index (χ1n) is 5.91. The molecule has 0 aliphatic carbocycles. The predicted octanol–water partition coefficient (Wildman–Crippen LogP) is 2.47. The van der Waals surface area contributed by atoms with Crippen molar-refractivity contribution in [3.63, 3.8) is 0 Å². The van der Waals surface area contributed by atoms with Gasteiger partial charge in [0.05, 0.1) is 5.69 Å². The topological polar surface area (TPSA) is 50.7 Å². The van der Waals surface area contributed by atoms with E-state index in [4.69, 9.17) is 12.2 Å². The molecule has 96 valence electrons. The first-order chi connectivity index (χ1) is 9.11. The maximum absolute atomic E-state index is 12.3. The van der Waals surface area contributed by atoms with Crippen molar-refractivity contribution in [2.45, 2.75) is 13.5 Å². The highest BCUT2D eigenvalue weighted by Crippen LogP contribution is 2.20. The summed E-state index contributed by atoms with van der Waals surface area (Å²) in [6.45, 7) is 2.29. The Kier molecular flexibility index (Phi) is 3.63. The average molecular weight is 271 g/mol. The Morgan fingerprint density at radius 2 is 1.95 bits per heavy atom. The van der Waals surface area contributed by atoms with E-state index in [1.165, 1.54) is 4.57 Å². The molecule has 0 amide bonds. The van der Waals surface area contributed by atoms with E-state index in [0.717, 1.165) is 5.56 Å². The van der Waals surface area contributed by atoms with Crippen LogP contribution >= 0.6 is 12.2 Å². The molecule has 0 bridgehead atoms. The summed E-state index contributed by atoms with van der Waals surface area (Å²) >= 11 is 5.29. The molecule has 1 heterocycles. The third-order valence-corrected chi connectivity index (χ3v) is 3.52. The van der Waals surface area contributed by atoms with Gasteiger partial charge in [-0.1, -0.05) is 30.3 Å². The molecule has 0 fully saturated rings. The highest BCUT2D eigenvalue weighted by atomic mass is 32.1. The van der Waals surface area contributed by atoms with E-state index < -0.39 is 0 Å². The molecule has 2 rings (SSSR count). The molecule has 0 aliphatic heterocycles. The zero-order chi connectivity index (χ0) is 14.0. The number of nitriles is 1. The lowest BCUT2D eigenvalue weighted by molar-refractivity contribution is 0.648. The van der Waals surface area contributed by atoms with E-state index in [1.54, 1.807) is 11.6 Å². The van der Waals surface area contributed by atoms with Crippen LogP contribution in [0, 0.1) is 16.1 Å². The summed E-state index contributed by atoms with van der Waals surface area (Å²) in [6, 6.07) is 11.3. The summed E-state index contributed by atoms with van der Waals surface area (Å²) in [7, 11) is 1.77. The Morgan fingerprint density at radius 3 is 2.47 bits per heavy atom. The van der Waals surface area contributed by atoms with Crippen molar-refractivity contribution in [2.24, 2.45) is 7.05 Å². The highest BCUT2D eigenvalue weighted by Gasteiger charge is 2.15. The summed E-state index contributed by atoms with van der Waals surface area (Å²) in [6.07, 6.45) is 0. The molecule has 0 atom stereocenters. The van der Waals surface area contributed by atoms with Crippen LogP contribution in [0.2, 0.25) is 0 Å². The number of rotatable bonds is 2. The van der Waals surface area contributed by atoms with Crippen LogP contribution in [-0.4, -0.2) is 9.13 Å². The van der Waals surface area contributed by atoms with Crippen LogP contribution in [0.25, 0.3) is 11.3 Å². The fourth-order valence-corrected chi connectivity index (χ4v) is 2.38. The van der Waals surface area contributed by atoms with E-state index in [-0.39, 0.29) is 11.1 Å². The SMILES string of the molecule is CCn1c(=O)c(C#N)c(-c2ccccc2)n(C)c1=S. The lowest BCUT2D eigenvalue weighted by Gasteiger charge is -2.14. The van der Waals surface area contributed by atoms with Crippen LogP contribution in [-0.2, 0) is 13.6 Å². The Labute approximate surface area is 116 Å². The number of nitrogens with zero attached hydrogens (tertiary/aromatic N) is 3. The fourth-order valence-electron chi connectivity index (χ4n) is 2.08. The molecular formula is C14H13N3OS. The molecule has 0 saturated heterocycles. The molecule has 0 aliphatic rings. The first kappa shape index (κ1) is 13.2. The van der Waals surface area contributed by atoms with Crippen LogP contribution in [0.1, 0.15) is 12.5 Å². The van der Waals surface area contributed by atoms with Gasteiger partial charge in [0.25, 0.3) is 5.56 Å². The molecule has 19 heavy (non-hydrogen) atoms. The fraction of sp³-hybridized carbons (Fsp3) is 0.214. The summed E-state index contributed by atoms with van der Waals surface area (Å²) in [5.41, 5.74) is 1.19. The smallest absolute Gasteiger partial charge is 0.272 e. The lowest BCUT2D eigenvalue weighted by atomic mass is 10.1. The van der Waals surface area contributed by atoms with Crippen LogP contribution < -0.4 is 5.56 Å². The minimum absolute atomic E-state index is 0.129. The Morgan fingerprint density at radius 1 is 1.32 bits per heavy atom. The highest BCUT2D eigenvalue weighted by molar-refractivity contribution is 7.71. The lowest BCUT2D eigenvalue weighted by Crippen LogP contribution is -2.27. The molecule has 4 nitrogen and oxygen atoms in total. The molecule has 5 heteroatoms. The van der Waals surface area contributed by atoms with Crippen molar-refractivity contribution in [3.05, 3.63) is 51.0 Å². The van der Waals surface area contributed by atoms with E-state index >= 15 is 0 Å². The largest absolute Gasteiger partial charge is 0.320 e. The number of hydrogen-bond acceptors (Lipinski definition) is 3. The van der Waals surface area contributed by atoms with Gasteiger partial charge in [-0.2, -0.15) is 5.26 Å². The molecule has 2 aromatic rings. The first-order valence-corrected chi connectivity index (χ1v) is 6.32. The van der Waals surface area contributed by atoms with Gasteiger partial charge in [0, 0.05) is 13.6 Å². The van der Waals surface area contributed by atoms with Crippen LogP contribution in [0.15, 0.2) is 35.1 Å². The zero-order valence-electron chi connectivity index (χ0n) is 10.8. The second kappa shape index (κ2) is 5.21. The van der Waals surface area contributed by atoms with Crippen molar-refractivity contribution < 1.29 is 0 Å². The predicted molar refractivity (Wildman–Crippen MR) is 76.3 cm³/mol. The van der Waals surface area contributed by atoms with Crippen LogP contribution in [0.3, 0.4) is 0 Å². The molecule has 0 N–H and O–H groups in total. The van der Waals surface area contributed by atoms with Gasteiger partial charge in [-0.3, -0.25) is 9.36 Å². The van der Waals surface area contributed by atoms with E-state index in [2.05, 4.69) is 0 Å². The monoisotopic (exact) mass is 271 g/mol. The van der Waals surface area contributed by atoms with E-state index in [0.29, 0.717) is 17.0 Å². The summed E-state index contributed by atoms with van der Waals surface area (Å²) < 4.78 is 3.57. The van der Waals surface area contributed by atoms with Gasteiger partial charge in [-0.25, -0.2) is 0 Å². The summed E-state index contributed by atoms with van der Waals surface area (Å²) in [4.78, 5) is 12.3. The number of benzene rings is 1. The van der Waals surface area contributed by atoms with Gasteiger partial charge in [-0.15, -0.1) is 0 Å². The van der Waals surface area contributed by atoms with E-state index in [9.17, 15) is 10.1 Å². The van der Waals surface area contributed by atoms with Crippen LogP contribution in [0.5, 0.6) is 0 Å². The Bertz CT molecular complexity index is 766. The van der Waals surface area contributed by atoms with Crippen molar-refractivity contribution in [2.75, 3.05) is 0 Å². The minimum Gasteiger partial charge on any atom is -0.320 e. The maximum Gasteiger partial charge on any atom is 0.272 e. The van der Waals surface area contributed by atoms with Gasteiger partial charge in [0.15, 0.2) is 4.77 Å². The van der Waals surface area contributed by atoms with Crippen molar-refractivity contribution in [3.8, 4) is 17.3 Å². The quantitative estimate of drug-likeness (QED) is 0.788. The average Bonchev–Trinajstić information content (AvgIpc) is 2.44. The van der Waals surface area contributed by atoms with Crippen molar-refractivity contribution >= 4 is 12.2 Å². The third-order valence-electron chi connectivity index (χ3n) is 3.02. The van der Waals surface area contributed by atoms with E-state index in [1.807, 2.05) is 43.3 Å². The van der Waals surface area contributed by atoms with Crippen LogP contribution in [0.4, 0.5) is 0 Å². The molecular weight excluding hydrogens is 258 g/mol. The van der Waals surface area contributed by atoms with Gasteiger partial charge in [-0.05, 0) is 24.7 Å². The standard InChI is InChI=1S/C14H13N3OS/c1-3-17-13(18)11(9-15)12(16(2)14(17)19)10-7-5-4-6-8-10/h4-8H,3H2,1-2H3. The molecule has 0 saturated carbocycles. The third kappa shape index (κ3) is 2.11. The van der Waals surface area contributed by atoms with Crippen molar-refractivity contribution in [1.82, 2.24) is 9.13 Å². The second-order valence-electron chi connectivity index (χ2n) is 4.09. The molecule has 0 spiro atoms. The van der Waals surface area contributed by atoms with Crippen molar-refractivity contribution in [1.29, 1.82) is 5.26 Å². The molecule has 1 aromatic carbocycles. The van der Waals surface area contributed by atoms with Gasteiger partial charge < -0.3 is 4.57 Å². The van der Waals surface area contributed by atoms with Gasteiger partial charge in [0.2, 0.25) is 0 Å². The number of aromatic nitrogens is 2. The maximum atomic E-state index is 12.3. The Balaban J connectivity index is 2.95.